The van der Waals surface area contributed by atoms with Gasteiger partial charge in [0.2, 0.25) is 6.29 Å². The number of carbonyl (C=O) groups excluding carboxylic acids is 1. The Morgan fingerprint density at radius 3 is 2.36 bits per heavy atom. The van der Waals surface area contributed by atoms with Gasteiger partial charge in [-0.05, 0) is 17.7 Å². The second-order valence-corrected chi connectivity index (χ2v) is 2.63. The van der Waals surface area contributed by atoms with Crippen molar-refractivity contribution in [1.29, 1.82) is 0 Å². The topological polar surface area (TPSA) is 37.3 Å². The number of thiol groups is 1. The van der Waals surface area contributed by atoms with Crippen LogP contribution >= 0.6 is 12.6 Å². The lowest BCUT2D eigenvalue weighted by Crippen LogP contribution is -1.89. The number of aromatic hydroxyl groups is 1. The van der Waals surface area contributed by atoms with E-state index in [1.807, 2.05) is 0 Å². The van der Waals surface area contributed by atoms with Gasteiger partial charge in [-0.1, -0.05) is 12.1 Å². The van der Waals surface area contributed by atoms with E-state index in [0.29, 0.717) is 0 Å². The van der Waals surface area contributed by atoms with E-state index < -0.39 is 5.25 Å². The molecule has 0 aliphatic carbocycles. The van der Waals surface area contributed by atoms with E-state index in [0.717, 1.165) is 5.56 Å². The Kier molecular flexibility index (Phi) is 2.54. The molecule has 0 spiro atoms. The van der Waals surface area contributed by atoms with E-state index in [1.165, 1.54) is 12.1 Å². The monoisotopic (exact) mass is 167 g/mol. The highest BCUT2D eigenvalue weighted by Gasteiger charge is 2.03. The predicted molar refractivity (Wildman–Crippen MR) is 45.5 cm³/mol. The molecule has 1 rings (SSSR count). The van der Waals surface area contributed by atoms with Crippen LogP contribution < -0.4 is 0 Å². The number of phenols is 1. The summed E-state index contributed by atoms with van der Waals surface area (Å²) in [7, 11) is 0. The average molecular weight is 167 g/mol. The molecule has 0 aromatic heterocycles. The van der Waals surface area contributed by atoms with Crippen molar-refractivity contribution in [3.63, 3.8) is 0 Å². The van der Waals surface area contributed by atoms with E-state index in [-0.39, 0.29) is 5.75 Å². The molecule has 0 bridgehead atoms. The molecule has 1 aromatic rings. The maximum Gasteiger partial charge on any atom is 0.216 e. The van der Waals surface area contributed by atoms with Crippen LogP contribution in [0.15, 0.2) is 24.3 Å². The van der Waals surface area contributed by atoms with Crippen molar-refractivity contribution in [3.8, 4) is 5.75 Å². The Morgan fingerprint density at radius 1 is 1.36 bits per heavy atom. The van der Waals surface area contributed by atoms with Crippen molar-refractivity contribution in [2.24, 2.45) is 0 Å². The molecular formula is C8H7O2S. The normalized spacial score (nSPS) is 12.5. The summed E-state index contributed by atoms with van der Waals surface area (Å²) in [6.07, 6.45) is 1.73. The number of hydrogen-bond acceptors (Lipinski definition) is 3. The van der Waals surface area contributed by atoms with Crippen LogP contribution in [0.3, 0.4) is 0 Å². The minimum atomic E-state index is -0.518. The van der Waals surface area contributed by atoms with E-state index in [9.17, 15) is 4.79 Å². The molecule has 0 fully saturated rings. The van der Waals surface area contributed by atoms with Crippen molar-refractivity contribution in [1.82, 2.24) is 0 Å². The van der Waals surface area contributed by atoms with Crippen LogP contribution in [0.1, 0.15) is 10.8 Å². The van der Waals surface area contributed by atoms with Crippen molar-refractivity contribution in [3.05, 3.63) is 29.8 Å². The van der Waals surface area contributed by atoms with E-state index in [2.05, 4.69) is 12.6 Å². The molecule has 0 heterocycles. The van der Waals surface area contributed by atoms with Gasteiger partial charge >= 0.3 is 0 Å². The lowest BCUT2D eigenvalue weighted by Gasteiger charge is -2.00. The third-order valence-corrected chi connectivity index (χ3v) is 1.72. The van der Waals surface area contributed by atoms with Gasteiger partial charge in [-0.3, -0.25) is 4.79 Å². The van der Waals surface area contributed by atoms with Crippen LogP contribution in [0.5, 0.6) is 5.75 Å². The smallest absolute Gasteiger partial charge is 0.216 e. The third-order valence-electron chi connectivity index (χ3n) is 1.32. The van der Waals surface area contributed by atoms with Gasteiger partial charge in [-0.2, -0.15) is 12.6 Å². The number of benzene rings is 1. The highest BCUT2D eigenvalue weighted by Crippen LogP contribution is 2.19. The maximum atomic E-state index is 10.1. The Hall–Kier alpha value is -0.960. The second kappa shape index (κ2) is 3.44. The van der Waals surface area contributed by atoms with Crippen LogP contribution in [0.2, 0.25) is 0 Å². The van der Waals surface area contributed by atoms with E-state index in [1.54, 1.807) is 18.4 Å². The second-order valence-electron chi connectivity index (χ2n) is 2.11. The van der Waals surface area contributed by atoms with Gasteiger partial charge in [-0.25, -0.2) is 0 Å². The summed E-state index contributed by atoms with van der Waals surface area (Å²) in [5.41, 5.74) is 0.737. The van der Waals surface area contributed by atoms with Crippen LogP contribution in [0, 0.1) is 0 Å². The molecule has 1 radical (unpaired) electrons. The first-order valence-electron chi connectivity index (χ1n) is 3.08. The van der Waals surface area contributed by atoms with Gasteiger partial charge in [0.1, 0.15) is 5.75 Å². The van der Waals surface area contributed by atoms with Crippen molar-refractivity contribution < 1.29 is 9.90 Å². The summed E-state index contributed by atoms with van der Waals surface area (Å²) < 4.78 is 0. The highest BCUT2D eigenvalue weighted by atomic mass is 32.1. The molecule has 0 aliphatic heterocycles. The summed E-state index contributed by atoms with van der Waals surface area (Å²) in [6.45, 7) is 0. The highest BCUT2D eigenvalue weighted by molar-refractivity contribution is 7.81. The van der Waals surface area contributed by atoms with Gasteiger partial charge in [0.05, 0.1) is 5.25 Å². The van der Waals surface area contributed by atoms with Crippen molar-refractivity contribution in [2.75, 3.05) is 0 Å². The Morgan fingerprint density at radius 2 is 1.91 bits per heavy atom. The zero-order valence-corrected chi connectivity index (χ0v) is 6.58. The molecule has 0 saturated carbocycles. The molecule has 1 atom stereocenters. The SMILES string of the molecule is O=[C]C(S)c1ccc(O)cc1. The first-order valence-corrected chi connectivity index (χ1v) is 3.60. The molecule has 0 aliphatic rings. The zero-order valence-electron chi connectivity index (χ0n) is 5.69. The van der Waals surface area contributed by atoms with Crippen LogP contribution in [-0.2, 0) is 4.79 Å². The molecule has 0 amide bonds. The van der Waals surface area contributed by atoms with Gasteiger partial charge in [0, 0.05) is 0 Å². The summed E-state index contributed by atoms with van der Waals surface area (Å²) in [5, 5.41) is 8.37. The Labute approximate surface area is 70.3 Å². The predicted octanol–water partition coefficient (Wildman–Crippen LogP) is 1.47. The first kappa shape index (κ1) is 8.14. The van der Waals surface area contributed by atoms with Crippen molar-refractivity contribution >= 4 is 18.9 Å². The Bertz CT molecular complexity index is 243. The fraction of sp³-hybridized carbons (Fsp3) is 0.125. The van der Waals surface area contributed by atoms with Gasteiger partial charge in [0.25, 0.3) is 0 Å². The van der Waals surface area contributed by atoms with Gasteiger partial charge in [-0.15, -0.1) is 0 Å². The zero-order chi connectivity index (χ0) is 8.27. The molecule has 11 heavy (non-hydrogen) atoms. The van der Waals surface area contributed by atoms with Crippen LogP contribution in [-0.4, -0.2) is 11.4 Å². The molecular weight excluding hydrogens is 160 g/mol. The van der Waals surface area contributed by atoms with Gasteiger partial charge in [0.15, 0.2) is 0 Å². The largest absolute Gasteiger partial charge is 0.508 e. The van der Waals surface area contributed by atoms with Crippen LogP contribution in [0.4, 0.5) is 0 Å². The van der Waals surface area contributed by atoms with E-state index >= 15 is 0 Å². The average Bonchev–Trinajstić information content (AvgIpc) is 2.05. The van der Waals surface area contributed by atoms with E-state index in [4.69, 9.17) is 5.11 Å². The number of rotatable bonds is 2. The molecule has 0 saturated heterocycles. The number of hydrogen-bond donors (Lipinski definition) is 2. The quantitative estimate of drug-likeness (QED) is 0.654. The third kappa shape index (κ3) is 1.98. The number of phenolic OH excluding ortho intramolecular Hbond substituents is 1. The minimum Gasteiger partial charge on any atom is -0.508 e. The fourth-order valence-electron chi connectivity index (χ4n) is 0.725. The molecule has 1 unspecified atom stereocenters. The molecule has 1 N–H and O–H groups in total. The first-order chi connectivity index (χ1) is 5.24. The fourth-order valence-corrected chi connectivity index (χ4v) is 0.897. The lowest BCUT2D eigenvalue weighted by molar-refractivity contribution is 0.475. The summed E-state index contributed by atoms with van der Waals surface area (Å²) in [6, 6.07) is 6.29. The molecule has 2 nitrogen and oxygen atoms in total. The molecule has 57 valence electrons. The summed E-state index contributed by atoms with van der Waals surface area (Å²) in [4.78, 5) is 10.1. The summed E-state index contributed by atoms with van der Waals surface area (Å²) in [5.74, 6) is 0.181. The Balaban J connectivity index is 2.89. The van der Waals surface area contributed by atoms with Crippen molar-refractivity contribution in [2.45, 2.75) is 5.25 Å². The van der Waals surface area contributed by atoms with Crippen LogP contribution in [0.25, 0.3) is 0 Å². The summed E-state index contributed by atoms with van der Waals surface area (Å²) >= 11 is 3.95. The molecule has 1 aromatic carbocycles. The molecule has 3 heteroatoms. The maximum absolute atomic E-state index is 10.1. The van der Waals surface area contributed by atoms with Gasteiger partial charge < -0.3 is 5.11 Å². The standard InChI is InChI=1S/C8H7O2S/c9-5-8(11)6-1-3-7(10)4-2-6/h1-4,8,10-11H. The lowest BCUT2D eigenvalue weighted by atomic mass is 10.1. The minimum absolute atomic E-state index is 0.181.